The van der Waals surface area contributed by atoms with E-state index in [1.54, 1.807) is 34.6 Å². The van der Waals surface area contributed by atoms with Gasteiger partial charge in [0.25, 0.3) is 0 Å². The van der Waals surface area contributed by atoms with Crippen LogP contribution in [0.25, 0.3) is 0 Å². The molecule has 0 radical (unpaired) electrons. The maximum atomic E-state index is 12.1. The molecule has 0 aromatic carbocycles. The van der Waals surface area contributed by atoms with Gasteiger partial charge in [0.2, 0.25) is 0 Å². The monoisotopic (exact) mass is 285 g/mol. The molecule has 0 aromatic heterocycles. The van der Waals surface area contributed by atoms with Crippen LogP contribution in [0.4, 0.5) is 4.79 Å². The summed E-state index contributed by atoms with van der Waals surface area (Å²) in [6.07, 6.45) is -1.15. The molecule has 1 amide bonds. The van der Waals surface area contributed by atoms with Gasteiger partial charge in [-0.2, -0.15) is 0 Å². The Morgan fingerprint density at radius 1 is 1.40 bits per heavy atom. The SMILES string of the molecule is CCOC(=O)C1=C(C)N(C(=O)OC(C)(C)C)CCC1O. The van der Waals surface area contributed by atoms with Gasteiger partial charge in [0.15, 0.2) is 0 Å². The van der Waals surface area contributed by atoms with Crippen LogP contribution in [0.1, 0.15) is 41.0 Å². The van der Waals surface area contributed by atoms with Gasteiger partial charge in [-0.25, -0.2) is 9.59 Å². The van der Waals surface area contributed by atoms with Crippen LogP contribution in [-0.2, 0) is 14.3 Å². The van der Waals surface area contributed by atoms with Gasteiger partial charge in [0, 0.05) is 12.2 Å². The van der Waals surface area contributed by atoms with Crippen LogP contribution in [0.5, 0.6) is 0 Å². The molecule has 1 aliphatic heterocycles. The quantitative estimate of drug-likeness (QED) is 0.783. The van der Waals surface area contributed by atoms with E-state index in [-0.39, 0.29) is 18.6 Å². The molecule has 6 nitrogen and oxygen atoms in total. The van der Waals surface area contributed by atoms with Crippen LogP contribution in [0.3, 0.4) is 0 Å². The topological polar surface area (TPSA) is 76.1 Å². The molecular formula is C14H23NO5. The Morgan fingerprint density at radius 2 is 2.00 bits per heavy atom. The predicted octanol–water partition coefficient (Wildman–Crippen LogP) is 1.83. The minimum absolute atomic E-state index is 0.129. The first-order valence-electron chi connectivity index (χ1n) is 6.73. The zero-order valence-electron chi connectivity index (χ0n) is 12.7. The lowest BCUT2D eigenvalue weighted by Crippen LogP contribution is -2.42. The van der Waals surface area contributed by atoms with Crippen molar-refractivity contribution >= 4 is 12.1 Å². The van der Waals surface area contributed by atoms with Crippen molar-refractivity contribution in [1.29, 1.82) is 0 Å². The zero-order valence-corrected chi connectivity index (χ0v) is 12.7. The van der Waals surface area contributed by atoms with E-state index in [1.165, 1.54) is 4.90 Å². The van der Waals surface area contributed by atoms with Gasteiger partial charge in [-0.05, 0) is 41.0 Å². The molecule has 0 saturated carbocycles. The highest BCUT2D eigenvalue weighted by atomic mass is 16.6. The van der Waals surface area contributed by atoms with E-state index in [1.807, 2.05) is 0 Å². The van der Waals surface area contributed by atoms with Crippen molar-refractivity contribution in [3.63, 3.8) is 0 Å². The summed E-state index contributed by atoms with van der Waals surface area (Å²) in [5.74, 6) is -0.592. The number of amides is 1. The molecule has 1 rings (SSSR count). The van der Waals surface area contributed by atoms with E-state index in [0.717, 1.165) is 0 Å². The highest BCUT2D eigenvalue weighted by Crippen LogP contribution is 2.25. The maximum absolute atomic E-state index is 12.1. The van der Waals surface area contributed by atoms with E-state index in [4.69, 9.17) is 9.47 Å². The molecule has 1 N–H and O–H groups in total. The second-order valence-corrected chi connectivity index (χ2v) is 5.66. The summed E-state index contributed by atoms with van der Waals surface area (Å²) in [5, 5.41) is 9.93. The van der Waals surface area contributed by atoms with Crippen LogP contribution in [-0.4, -0.2) is 46.9 Å². The Hall–Kier alpha value is -1.56. The number of aliphatic hydroxyl groups excluding tert-OH is 1. The summed E-state index contributed by atoms with van der Waals surface area (Å²) >= 11 is 0. The summed E-state index contributed by atoms with van der Waals surface area (Å²) in [6.45, 7) is 9.14. The molecule has 1 aliphatic rings. The summed E-state index contributed by atoms with van der Waals surface area (Å²) in [6, 6.07) is 0. The van der Waals surface area contributed by atoms with E-state index in [2.05, 4.69) is 0 Å². The molecular weight excluding hydrogens is 262 g/mol. The number of ether oxygens (including phenoxy) is 2. The van der Waals surface area contributed by atoms with Crippen molar-refractivity contribution in [1.82, 2.24) is 4.90 Å². The number of rotatable bonds is 2. The van der Waals surface area contributed by atoms with E-state index in [0.29, 0.717) is 12.2 Å². The van der Waals surface area contributed by atoms with Gasteiger partial charge in [-0.1, -0.05) is 0 Å². The van der Waals surface area contributed by atoms with Crippen LogP contribution in [0.15, 0.2) is 11.3 Å². The van der Waals surface area contributed by atoms with Gasteiger partial charge in [-0.15, -0.1) is 0 Å². The minimum atomic E-state index is -0.910. The molecule has 0 aromatic rings. The number of carbonyl (C=O) groups excluding carboxylic acids is 2. The predicted molar refractivity (Wildman–Crippen MR) is 72.9 cm³/mol. The summed E-state index contributed by atoms with van der Waals surface area (Å²) < 4.78 is 10.2. The molecule has 114 valence electrons. The van der Waals surface area contributed by atoms with E-state index < -0.39 is 23.8 Å². The van der Waals surface area contributed by atoms with Gasteiger partial charge in [-0.3, -0.25) is 4.90 Å². The van der Waals surface area contributed by atoms with Crippen molar-refractivity contribution < 1.29 is 24.2 Å². The number of esters is 1. The Bertz CT molecular complexity index is 422. The standard InChI is InChI=1S/C14H23NO5/c1-6-19-12(17)11-9(2)15(8-7-10(11)16)13(18)20-14(3,4)5/h10,16H,6-8H2,1-5H3. The highest BCUT2D eigenvalue weighted by molar-refractivity contribution is 5.91. The lowest BCUT2D eigenvalue weighted by molar-refractivity contribution is -0.140. The molecule has 1 unspecified atom stereocenters. The van der Waals surface area contributed by atoms with Gasteiger partial charge < -0.3 is 14.6 Å². The summed E-state index contributed by atoms with van der Waals surface area (Å²) in [5.41, 5.74) is -0.0993. The molecule has 0 fully saturated rings. The summed E-state index contributed by atoms with van der Waals surface area (Å²) in [4.78, 5) is 25.3. The fraction of sp³-hybridized carbons (Fsp3) is 0.714. The molecule has 1 heterocycles. The largest absolute Gasteiger partial charge is 0.463 e. The third kappa shape index (κ3) is 3.96. The molecule has 6 heteroatoms. The number of carbonyl (C=O) groups is 2. The highest BCUT2D eigenvalue weighted by Gasteiger charge is 2.34. The second-order valence-electron chi connectivity index (χ2n) is 5.66. The average Bonchev–Trinajstić information content (AvgIpc) is 2.26. The lowest BCUT2D eigenvalue weighted by Gasteiger charge is -2.33. The van der Waals surface area contributed by atoms with Gasteiger partial charge >= 0.3 is 12.1 Å². The van der Waals surface area contributed by atoms with E-state index >= 15 is 0 Å². The molecule has 0 bridgehead atoms. The van der Waals surface area contributed by atoms with Crippen LogP contribution in [0, 0.1) is 0 Å². The summed E-state index contributed by atoms with van der Waals surface area (Å²) in [7, 11) is 0. The van der Waals surface area contributed by atoms with Crippen LogP contribution in [0.2, 0.25) is 0 Å². The maximum Gasteiger partial charge on any atom is 0.414 e. The molecule has 1 atom stereocenters. The Balaban J connectivity index is 2.99. The third-order valence-electron chi connectivity index (χ3n) is 2.86. The van der Waals surface area contributed by atoms with Crippen molar-refractivity contribution in [3.05, 3.63) is 11.3 Å². The molecule has 0 saturated heterocycles. The van der Waals surface area contributed by atoms with Crippen molar-refractivity contribution in [3.8, 4) is 0 Å². The number of allylic oxidation sites excluding steroid dienone is 1. The zero-order chi connectivity index (χ0) is 15.5. The van der Waals surface area contributed by atoms with E-state index in [9.17, 15) is 14.7 Å². The fourth-order valence-electron chi connectivity index (χ4n) is 1.99. The second kappa shape index (κ2) is 6.26. The molecule has 0 spiro atoms. The smallest absolute Gasteiger partial charge is 0.414 e. The van der Waals surface area contributed by atoms with Gasteiger partial charge in [0.05, 0.1) is 18.3 Å². The molecule has 0 aliphatic carbocycles. The normalized spacial score (nSPS) is 19.9. The average molecular weight is 285 g/mol. The molecule has 20 heavy (non-hydrogen) atoms. The Morgan fingerprint density at radius 3 is 2.50 bits per heavy atom. The van der Waals surface area contributed by atoms with Crippen molar-refractivity contribution in [2.45, 2.75) is 52.7 Å². The Labute approximate surface area is 119 Å². The van der Waals surface area contributed by atoms with Gasteiger partial charge in [0.1, 0.15) is 5.60 Å². The number of hydrogen-bond acceptors (Lipinski definition) is 5. The minimum Gasteiger partial charge on any atom is -0.463 e. The first-order chi connectivity index (χ1) is 9.17. The lowest BCUT2D eigenvalue weighted by atomic mass is 10.00. The van der Waals surface area contributed by atoms with Crippen LogP contribution >= 0.6 is 0 Å². The van der Waals surface area contributed by atoms with Crippen molar-refractivity contribution in [2.24, 2.45) is 0 Å². The number of nitrogens with zero attached hydrogens (tertiary/aromatic N) is 1. The van der Waals surface area contributed by atoms with Crippen LogP contribution < -0.4 is 0 Å². The number of hydrogen-bond donors (Lipinski definition) is 1. The Kier molecular flexibility index (Phi) is 5.16. The first-order valence-corrected chi connectivity index (χ1v) is 6.73. The third-order valence-corrected chi connectivity index (χ3v) is 2.86. The first kappa shape index (κ1) is 16.5. The number of aliphatic hydroxyl groups is 1. The fourth-order valence-corrected chi connectivity index (χ4v) is 1.99. The van der Waals surface area contributed by atoms with Crippen molar-refractivity contribution in [2.75, 3.05) is 13.2 Å².